The fourth-order valence-electron chi connectivity index (χ4n) is 3.17. The summed E-state index contributed by atoms with van der Waals surface area (Å²) in [5.74, 6) is -0.164. The van der Waals surface area contributed by atoms with E-state index in [-0.39, 0.29) is 11.6 Å². The molecule has 15 heavy (non-hydrogen) atoms. The molecular formula is C12H20O3. The molecule has 0 bridgehead atoms. The van der Waals surface area contributed by atoms with Gasteiger partial charge in [-0.3, -0.25) is 0 Å². The van der Waals surface area contributed by atoms with E-state index in [4.69, 9.17) is 9.47 Å². The molecule has 86 valence electrons. The predicted octanol–water partition coefficient (Wildman–Crippen LogP) is 2.29. The largest absolute Gasteiger partial charge is 0.464 e. The fourth-order valence-corrected chi connectivity index (χ4v) is 3.17. The minimum absolute atomic E-state index is 0.164. The zero-order chi connectivity index (χ0) is 11.3. The minimum Gasteiger partial charge on any atom is -0.464 e. The maximum atomic E-state index is 11.8. The summed E-state index contributed by atoms with van der Waals surface area (Å²) in [4.78, 5) is 11.8. The van der Waals surface area contributed by atoms with Gasteiger partial charge in [0.05, 0.1) is 6.61 Å². The van der Waals surface area contributed by atoms with Crippen LogP contribution in [0.1, 0.15) is 47.0 Å². The zero-order valence-corrected chi connectivity index (χ0v) is 10.1. The van der Waals surface area contributed by atoms with Crippen molar-refractivity contribution in [2.24, 2.45) is 5.41 Å². The second-order valence-electron chi connectivity index (χ2n) is 5.52. The highest BCUT2D eigenvalue weighted by atomic mass is 16.7. The summed E-state index contributed by atoms with van der Waals surface area (Å²) in [6.45, 7) is 8.69. The average Bonchev–Trinajstić information content (AvgIpc) is 2.73. The van der Waals surface area contributed by atoms with Gasteiger partial charge in [-0.1, -0.05) is 20.8 Å². The lowest BCUT2D eigenvalue weighted by Gasteiger charge is -2.42. The lowest BCUT2D eigenvalue weighted by atomic mass is 9.59. The van der Waals surface area contributed by atoms with Crippen LogP contribution in [0.5, 0.6) is 0 Å². The van der Waals surface area contributed by atoms with Gasteiger partial charge in [0.15, 0.2) is 5.60 Å². The van der Waals surface area contributed by atoms with E-state index in [1.54, 1.807) is 0 Å². The normalized spacial score (nSPS) is 34.7. The van der Waals surface area contributed by atoms with Crippen molar-refractivity contribution in [2.75, 3.05) is 6.61 Å². The standard InChI is InChI=1S/C12H20O3/c1-5-12(9(13)14-6-2)11(15-12)7-10(3,4)8-11/h5-8H2,1-4H3. The third-order valence-corrected chi connectivity index (χ3v) is 3.70. The van der Waals surface area contributed by atoms with Crippen LogP contribution in [0.15, 0.2) is 0 Å². The smallest absolute Gasteiger partial charge is 0.341 e. The van der Waals surface area contributed by atoms with Crippen LogP contribution in [0, 0.1) is 5.41 Å². The van der Waals surface area contributed by atoms with Gasteiger partial charge >= 0.3 is 5.97 Å². The molecular weight excluding hydrogens is 192 g/mol. The van der Waals surface area contributed by atoms with Crippen molar-refractivity contribution in [2.45, 2.75) is 58.2 Å². The summed E-state index contributed by atoms with van der Waals surface area (Å²) < 4.78 is 10.8. The van der Waals surface area contributed by atoms with Crippen LogP contribution in [0.3, 0.4) is 0 Å². The number of esters is 1. The van der Waals surface area contributed by atoms with Crippen molar-refractivity contribution in [3.05, 3.63) is 0 Å². The SMILES string of the molecule is CCOC(=O)C1(CC)OC12CC(C)(C)C2. The molecule has 1 atom stereocenters. The molecule has 0 aromatic rings. The summed E-state index contributed by atoms with van der Waals surface area (Å²) in [5, 5.41) is 0. The molecule has 3 heteroatoms. The first-order valence-electron chi connectivity index (χ1n) is 5.79. The number of ether oxygens (including phenoxy) is 2. The van der Waals surface area contributed by atoms with E-state index >= 15 is 0 Å². The summed E-state index contributed by atoms with van der Waals surface area (Å²) in [7, 11) is 0. The summed E-state index contributed by atoms with van der Waals surface area (Å²) in [5.41, 5.74) is -0.473. The van der Waals surface area contributed by atoms with E-state index in [1.807, 2.05) is 13.8 Å². The molecule has 1 aliphatic carbocycles. The van der Waals surface area contributed by atoms with E-state index < -0.39 is 5.60 Å². The Balaban J connectivity index is 2.07. The van der Waals surface area contributed by atoms with Gasteiger partial charge in [0.2, 0.25) is 0 Å². The molecule has 0 amide bonds. The third kappa shape index (κ3) is 1.32. The van der Waals surface area contributed by atoms with Gasteiger partial charge in [-0.05, 0) is 31.6 Å². The Hall–Kier alpha value is -0.570. The molecule has 0 aromatic heterocycles. The molecule has 2 aliphatic rings. The summed E-state index contributed by atoms with van der Waals surface area (Å²) in [6.07, 6.45) is 2.68. The van der Waals surface area contributed by atoms with Crippen molar-refractivity contribution < 1.29 is 14.3 Å². The van der Waals surface area contributed by atoms with Crippen LogP contribution < -0.4 is 0 Å². The van der Waals surface area contributed by atoms with Crippen LogP contribution in [-0.2, 0) is 14.3 Å². The maximum absolute atomic E-state index is 11.8. The fraction of sp³-hybridized carbons (Fsp3) is 0.917. The first-order valence-corrected chi connectivity index (χ1v) is 5.79. The van der Waals surface area contributed by atoms with Gasteiger partial charge in [0, 0.05) is 0 Å². The third-order valence-electron chi connectivity index (χ3n) is 3.70. The quantitative estimate of drug-likeness (QED) is 0.532. The molecule has 1 aliphatic heterocycles. The monoisotopic (exact) mass is 212 g/mol. The van der Waals surface area contributed by atoms with Gasteiger partial charge in [0.1, 0.15) is 5.60 Å². The second kappa shape index (κ2) is 2.97. The molecule has 0 aromatic carbocycles. The van der Waals surface area contributed by atoms with Crippen molar-refractivity contribution in [3.63, 3.8) is 0 Å². The van der Waals surface area contributed by atoms with Gasteiger partial charge in [0.25, 0.3) is 0 Å². The van der Waals surface area contributed by atoms with E-state index in [1.165, 1.54) is 0 Å². The molecule has 3 nitrogen and oxygen atoms in total. The molecule has 1 saturated carbocycles. The highest BCUT2D eigenvalue weighted by molar-refractivity contribution is 5.85. The Labute approximate surface area is 91.1 Å². The highest BCUT2D eigenvalue weighted by Crippen LogP contribution is 2.68. The maximum Gasteiger partial charge on any atom is 0.341 e. The number of hydrogen-bond donors (Lipinski definition) is 0. The molecule has 1 spiro atoms. The second-order valence-corrected chi connectivity index (χ2v) is 5.52. The molecule has 0 radical (unpaired) electrons. The van der Waals surface area contributed by atoms with E-state index in [0.717, 1.165) is 19.3 Å². The van der Waals surface area contributed by atoms with Crippen LogP contribution in [0.2, 0.25) is 0 Å². The summed E-state index contributed by atoms with van der Waals surface area (Å²) in [6, 6.07) is 0. The number of hydrogen-bond acceptors (Lipinski definition) is 3. The molecule has 2 rings (SSSR count). The van der Waals surface area contributed by atoms with E-state index in [2.05, 4.69) is 13.8 Å². The topological polar surface area (TPSA) is 38.8 Å². The van der Waals surface area contributed by atoms with Crippen molar-refractivity contribution in [3.8, 4) is 0 Å². The lowest BCUT2D eigenvalue weighted by molar-refractivity contribution is -0.149. The predicted molar refractivity (Wildman–Crippen MR) is 56.5 cm³/mol. The molecule has 1 saturated heterocycles. The zero-order valence-electron chi connectivity index (χ0n) is 10.1. The van der Waals surface area contributed by atoms with Crippen LogP contribution in [0.25, 0.3) is 0 Å². The number of rotatable bonds is 3. The molecule has 1 unspecified atom stereocenters. The first-order chi connectivity index (χ1) is 6.91. The average molecular weight is 212 g/mol. The van der Waals surface area contributed by atoms with Gasteiger partial charge < -0.3 is 9.47 Å². The number of carbonyl (C=O) groups is 1. The van der Waals surface area contributed by atoms with Gasteiger partial charge in [-0.2, -0.15) is 0 Å². The van der Waals surface area contributed by atoms with E-state index in [9.17, 15) is 4.79 Å². The highest BCUT2D eigenvalue weighted by Gasteiger charge is 2.80. The van der Waals surface area contributed by atoms with Crippen molar-refractivity contribution in [1.82, 2.24) is 0 Å². The Morgan fingerprint density at radius 1 is 1.33 bits per heavy atom. The Morgan fingerprint density at radius 3 is 2.33 bits per heavy atom. The van der Waals surface area contributed by atoms with Gasteiger partial charge in [-0.25, -0.2) is 4.79 Å². The van der Waals surface area contributed by atoms with Crippen molar-refractivity contribution >= 4 is 5.97 Å². The van der Waals surface area contributed by atoms with Crippen LogP contribution in [-0.4, -0.2) is 23.8 Å². The Morgan fingerprint density at radius 2 is 1.93 bits per heavy atom. The van der Waals surface area contributed by atoms with Crippen LogP contribution in [0.4, 0.5) is 0 Å². The molecule has 1 heterocycles. The Bertz CT molecular complexity index is 287. The minimum atomic E-state index is -0.613. The number of epoxide rings is 1. The molecule has 0 N–H and O–H groups in total. The van der Waals surface area contributed by atoms with Crippen molar-refractivity contribution in [1.29, 1.82) is 0 Å². The number of carbonyl (C=O) groups excluding carboxylic acids is 1. The Kier molecular flexibility index (Phi) is 2.16. The summed E-state index contributed by atoms with van der Waals surface area (Å²) >= 11 is 0. The van der Waals surface area contributed by atoms with Gasteiger partial charge in [-0.15, -0.1) is 0 Å². The van der Waals surface area contributed by atoms with E-state index in [0.29, 0.717) is 12.0 Å². The first kappa shape index (κ1) is 10.9. The van der Waals surface area contributed by atoms with Crippen LogP contribution >= 0.6 is 0 Å². The molecule has 2 fully saturated rings. The lowest BCUT2D eigenvalue weighted by Crippen LogP contribution is -2.47.